The first-order valence-corrected chi connectivity index (χ1v) is 20.8. The molecule has 58 heavy (non-hydrogen) atoms. The molecule has 1 atom stereocenters. The summed E-state index contributed by atoms with van der Waals surface area (Å²) in [7, 11) is 0. The van der Waals surface area contributed by atoms with E-state index in [2.05, 4.69) is 95.2 Å². The molecule has 1 heterocycles. The number of aromatic nitrogens is 4. The Hall–Kier alpha value is -5.64. The zero-order valence-corrected chi connectivity index (χ0v) is 34.9. The SMILES string of the molecule is CC/C=C\C/C=C\C/C=C\C/C=C\C/C=C\C/C=C\CC(=O)OCCOC(=O)C[C@H](C(C)C)N(Cc1ccc(-c2ccccc2-c2nn[nH]n2)cc1)C(=O)CCCC. The van der Waals surface area contributed by atoms with Crippen molar-refractivity contribution in [1.82, 2.24) is 25.5 Å². The number of benzene rings is 2. The quantitative estimate of drug-likeness (QED) is 0.0459. The Morgan fingerprint density at radius 1 is 0.707 bits per heavy atom. The molecule has 0 saturated carbocycles. The van der Waals surface area contributed by atoms with Gasteiger partial charge in [0.2, 0.25) is 11.7 Å². The van der Waals surface area contributed by atoms with Crippen molar-refractivity contribution in [2.75, 3.05) is 13.2 Å². The maximum Gasteiger partial charge on any atom is 0.309 e. The normalized spacial score (nSPS) is 12.6. The Kier molecular flexibility index (Phi) is 23.1. The first-order valence-electron chi connectivity index (χ1n) is 20.8. The van der Waals surface area contributed by atoms with E-state index in [0.29, 0.717) is 18.8 Å². The van der Waals surface area contributed by atoms with Crippen LogP contribution in [0.1, 0.15) is 104 Å². The van der Waals surface area contributed by atoms with Gasteiger partial charge in [-0.05, 0) is 72.8 Å². The van der Waals surface area contributed by atoms with E-state index in [1.54, 1.807) is 6.08 Å². The Morgan fingerprint density at radius 3 is 1.79 bits per heavy atom. The molecule has 310 valence electrons. The summed E-state index contributed by atoms with van der Waals surface area (Å²) >= 11 is 0. The number of esters is 2. The fourth-order valence-electron chi connectivity index (χ4n) is 6.06. The predicted octanol–water partition coefficient (Wildman–Crippen LogP) is 10.6. The van der Waals surface area contributed by atoms with Gasteiger partial charge in [0, 0.05) is 24.6 Å². The number of rotatable bonds is 27. The fourth-order valence-corrected chi connectivity index (χ4v) is 6.06. The molecule has 3 aromatic rings. The van der Waals surface area contributed by atoms with Crippen LogP contribution in [-0.4, -0.2) is 62.6 Å². The van der Waals surface area contributed by atoms with Gasteiger partial charge < -0.3 is 14.4 Å². The van der Waals surface area contributed by atoms with Crippen molar-refractivity contribution in [3.63, 3.8) is 0 Å². The number of aromatic amines is 1. The molecule has 0 aliphatic rings. The molecule has 10 heteroatoms. The number of unbranched alkanes of at least 4 members (excludes halogenated alkanes) is 1. The molecule has 1 aromatic heterocycles. The fraction of sp³-hybridized carbons (Fsp3) is 0.417. The standard InChI is InChI=1S/C48H63N5O5/c1-5-7-9-10-11-12-13-14-15-16-17-18-19-20-21-22-23-24-30-46(55)57-35-36-58-47(56)37-44(39(3)4)53(45(54)29-8-6-2)38-40-31-33-41(34-32-40)42-27-25-26-28-43(42)48-49-51-52-50-48/h7,9,11-12,14-15,17-18,20-21,23-28,31-34,39,44H,5-6,8,10,13,16,19,22,29-30,35-38H2,1-4H3,(H,49,50,51,52)/b9-7-,12-11-,15-14-,18-17-,21-20-,24-23-/t44-/m1/s1. The van der Waals surface area contributed by atoms with Crippen molar-refractivity contribution in [3.8, 4) is 22.5 Å². The van der Waals surface area contributed by atoms with Gasteiger partial charge >= 0.3 is 11.9 Å². The zero-order chi connectivity index (χ0) is 41.6. The van der Waals surface area contributed by atoms with Gasteiger partial charge in [-0.3, -0.25) is 14.4 Å². The van der Waals surface area contributed by atoms with Crippen LogP contribution in [-0.2, 0) is 30.4 Å². The molecule has 3 rings (SSSR count). The summed E-state index contributed by atoms with van der Waals surface area (Å²) in [4.78, 5) is 40.6. The van der Waals surface area contributed by atoms with Gasteiger partial charge in [0.1, 0.15) is 13.2 Å². The number of nitrogens with one attached hydrogen (secondary N) is 1. The second kappa shape index (κ2) is 28.7. The van der Waals surface area contributed by atoms with Gasteiger partial charge in [0.05, 0.1) is 12.8 Å². The lowest BCUT2D eigenvalue weighted by molar-refractivity contribution is -0.153. The van der Waals surface area contributed by atoms with Crippen LogP contribution < -0.4 is 0 Å². The number of amides is 1. The van der Waals surface area contributed by atoms with Crippen LogP contribution in [0.4, 0.5) is 0 Å². The van der Waals surface area contributed by atoms with E-state index in [0.717, 1.165) is 73.6 Å². The number of hydrogen-bond donors (Lipinski definition) is 1. The summed E-state index contributed by atoms with van der Waals surface area (Å²) in [5.41, 5.74) is 3.76. The van der Waals surface area contributed by atoms with E-state index in [1.165, 1.54) is 0 Å². The minimum absolute atomic E-state index is 0.00143. The van der Waals surface area contributed by atoms with Crippen molar-refractivity contribution < 1.29 is 23.9 Å². The summed E-state index contributed by atoms with van der Waals surface area (Å²) in [6.07, 6.45) is 33.1. The molecule has 0 saturated heterocycles. The molecule has 0 aliphatic heterocycles. The highest BCUT2D eigenvalue weighted by Crippen LogP contribution is 2.30. The molecule has 1 amide bonds. The summed E-state index contributed by atoms with van der Waals surface area (Å²) in [5.74, 6) is -0.304. The minimum atomic E-state index is -0.437. The van der Waals surface area contributed by atoms with Crippen LogP contribution in [0.5, 0.6) is 0 Å². The van der Waals surface area contributed by atoms with E-state index in [4.69, 9.17) is 9.47 Å². The Labute approximate surface area is 345 Å². The third-order valence-corrected chi connectivity index (χ3v) is 9.23. The van der Waals surface area contributed by atoms with Gasteiger partial charge in [-0.1, -0.05) is 156 Å². The van der Waals surface area contributed by atoms with Crippen LogP contribution in [0.2, 0.25) is 0 Å². The number of H-pyrrole nitrogens is 1. The monoisotopic (exact) mass is 789 g/mol. The highest BCUT2D eigenvalue weighted by molar-refractivity contribution is 5.81. The lowest BCUT2D eigenvalue weighted by Crippen LogP contribution is -2.44. The van der Waals surface area contributed by atoms with E-state index in [1.807, 2.05) is 73.4 Å². The zero-order valence-electron chi connectivity index (χ0n) is 34.9. The molecular weight excluding hydrogens is 727 g/mol. The van der Waals surface area contributed by atoms with Crippen molar-refractivity contribution in [2.24, 2.45) is 5.92 Å². The average molecular weight is 790 g/mol. The smallest absolute Gasteiger partial charge is 0.309 e. The lowest BCUT2D eigenvalue weighted by atomic mass is 9.96. The highest BCUT2D eigenvalue weighted by atomic mass is 16.6. The molecule has 0 radical (unpaired) electrons. The van der Waals surface area contributed by atoms with Crippen LogP contribution in [0, 0.1) is 5.92 Å². The van der Waals surface area contributed by atoms with E-state index < -0.39 is 5.97 Å². The van der Waals surface area contributed by atoms with Crippen LogP contribution in [0.3, 0.4) is 0 Å². The van der Waals surface area contributed by atoms with Crippen molar-refractivity contribution in [3.05, 3.63) is 127 Å². The number of allylic oxidation sites excluding steroid dienone is 11. The van der Waals surface area contributed by atoms with Crippen LogP contribution in [0.25, 0.3) is 22.5 Å². The number of carbonyl (C=O) groups is 3. The molecule has 0 aliphatic carbocycles. The van der Waals surface area contributed by atoms with Crippen LogP contribution in [0.15, 0.2) is 121 Å². The van der Waals surface area contributed by atoms with Gasteiger partial charge in [0.15, 0.2) is 0 Å². The molecule has 0 spiro atoms. The third kappa shape index (κ3) is 18.5. The topological polar surface area (TPSA) is 127 Å². The van der Waals surface area contributed by atoms with Gasteiger partial charge in [0.25, 0.3) is 0 Å². The molecule has 2 aromatic carbocycles. The molecule has 10 nitrogen and oxygen atoms in total. The van der Waals surface area contributed by atoms with E-state index in [9.17, 15) is 14.4 Å². The number of carbonyl (C=O) groups excluding carboxylic acids is 3. The number of tetrazole rings is 1. The summed E-state index contributed by atoms with van der Waals surface area (Å²) in [5, 5.41) is 14.5. The average Bonchev–Trinajstić information content (AvgIpc) is 3.78. The molecule has 1 N–H and O–H groups in total. The maximum atomic E-state index is 13.6. The number of nitrogens with zero attached hydrogens (tertiary/aromatic N) is 4. The van der Waals surface area contributed by atoms with E-state index in [-0.39, 0.29) is 49.9 Å². The molecule has 0 fully saturated rings. The van der Waals surface area contributed by atoms with Crippen molar-refractivity contribution >= 4 is 17.8 Å². The van der Waals surface area contributed by atoms with Gasteiger partial charge in [-0.15, -0.1) is 10.2 Å². The first kappa shape index (κ1) is 46.7. The maximum absolute atomic E-state index is 13.6. The third-order valence-electron chi connectivity index (χ3n) is 9.23. The minimum Gasteiger partial charge on any atom is -0.462 e. The number of hydrogen-bond acceptors (Lipinski definition) is 8. The predicted molar refractivity (Wildman–Crippen MR) is 233 cm³/mol. The summed E-state index contributed by atoms with van der Waals surface area (Å²) in [6, 6.07) is 15.5. The van der Waals surface area contributed by atoms with Crippen molar-refractivity contribution in [1.29, 1.82) is 0 Å². The van der Waals surface area contributed by atoms with E-state index >= 15 is 0 Å². The molecule has 0 unspecified atom stereocenters. The van der Waals surface area contributed by atoms with Gasteiger partial charge in [-0.2, -0.15) is 5.21 Å². The van der Waals surface area contributed by atoms with Gasteiger partial charge in [-0.25, -0.2) is 0 Å². The Balaban J connectivity index is 1.40. The number of ether oxygens (including phenoxy) is 2. The first-order chi connectivity index (χ1) is 28.3. The second-order valence-corrected chi connectivity index (χ2v) is 14.2. The lowest BCUT2D eigenvalue weighted by Gasteiger charge is -2.34. The Bertz CT molecular complexity index is 1810. The molecule has 0 bridgehead atoms. The largest absolute Gasteiger partial charge is 0.462 e. The summed E-state index contributed by atoms with van der Waals surface area (Å²) < 4.78 is 10.7. The van der Waals surface area contributed by atoms with Crippen molar-refractivity contribution in [2.45, 2.75) is 111 Å². The van der Waals surface area contributed by atoms with Crippen LogP contribution >= 0.6 is 0 Å². The molecular formula is C48H63N5O5. The highest BCUT2D eigenvalue weighted by Gasteiger charge is 2.29. The Morgan fingerprint density at radius 2 is 1.26 bits per heavy atom. The summed E-state index contributed by atoms with van der Waals surface area (Å²) in [6.45, 7) is 8.49. The second-order valence-electron chi connectivity index (χ2n) is 14.2.